The Hall–Kier alpha value is -0.910. The Bertz CT molecular complexity index is 191. The molecular formula is C6H10O5S2. The molecule has 0 rings (SSSR count). The van der Waals surface area contributed by atoms with Crippen LogP contribution in [-0.2, 0) is 14.4 Å². The Labute approximate surface area is 86.3 Å². The van der Waals surface area contributed by atoms with E-state index in [1.54, 1.807) is 12.5 Å². The number of carboxylic acid groups (broad SMARTS) is 2. The van der Waals surface area contributed by atoms with Gasteiger partial charge < -0.3 is 10.2 Å². The first-order valence-corrected chi connectivity index (χ1v) is 4.49. The van der Waals surface area contributed by atoms with Crippen molar-refractivity contribution >= 4 is 43.1 Å². The first kappa shape index (κ1) is 18.0. The highest BCUT2D eigenvalue weighted by molar-refractivity contribution is 7.79. The Morgan fingerprint density at radius 3 is 1.23 bits per heavy atom. The Balaban J connectivity index is -0.000000218. The summed E-state index contributed by atoms with van der Waals surface area (Å²) in [6, 6.07) is 0. The van der Waals surface area contributed by atoms with Crippen LogP contribution in [0.25, 0.3) is 0 Å². The second-order valence-corrected chi connectivity index (χ2v) is 1.09. The van der Waals surface area contributed by atoms with E-state index in [0.717, 1.165) is 5.94 Å². The number of hydrogen-bond acceptors (Lipinski definition) is 5. The molecule has 7 heteroatoms. The minimum Gasteiger partial charge on any atom is -0.477 e. The lowest BCUT2D eigenvalue weighted by Gasteiger charge is -1.83. The van der Waals surface area contributed by atoms with E-state index in [-0.39, 0.29) is 0 Å². The van der Waals surface area contributed by atoms with Crippen LogP contribution >= 0.6 is 25.3 Å². The van der Waals surface area contributed by atoms with Crippen LogP contribution in [-0.4, -0.2) is 40.6 Å². The van der Waals surface area contributed by atoms with E-state index in [2.05, 4.69) is 25.3 Å². The van der Waals surface area contributed by atoms with Crippen LogP contribution in [0.3, 0.4) is 0 Å². The lowest BCUT2D eigenvalue weighted by Crippen LogP contribution is -2.11. The minimum atomic E-state index is -1.78. The summed E-state index contributed by atoms with van der Waals surface area (Å²) in [5.41, 5.74) is -1.28. The van der Waals surface area contributed by atoms with Crippen molar-refractivity contribution in [1.82, 2.24) is 0 Å². The molecule has 0 saturated carbocycles. The van der Waals surface area contributed by atoms with E-state index in [4.69, 9.17) is 10.2 Å². The lowest BCUT2D eigenvalue weighted by molar-refractivity contribution is -0.139. The van der Waals surface area contributed by atoms with Gasteiger partial charge in [0.15, 0.2) is 0 Å². The highest BCUT2D eigenvalue weighted by Gasteiger charge is 2.16. The average Bonchev–Trinajstić information content (AvgIpc) is 2.11. The fourth-order valence-electron chi connectivity index (χ4n) is 0.179. The van der Waals surface area contributed by atoms with Gasteiger partial charge in [0.2, 0.25) is 5.57 Å². The molecule has 13 heavy (non-hydrogen) atoms. The maximum absolute atomic E-state index is 9.69. The third kappa shape index (κ3) is 11.1. The molecule has 5 nitrogen and oxygen atoms in total. The van der Waals surface area contributed by atoms with Gasteiger partial charge in [-0.15, -0.1) is 0 Å². The minimum absolute atomic E-state index is 0.769. The molecule has 0 aliphatic carbocycles. The standard InChI is InChI=1S/C4H2O5.2CH4S/c5-1-2(3(6)7)4(8)9;2*1-2/h(H,6,7)(H,8,9);2*2H,1H3. The summed E-state index contributed by atoms with van der Waals surface area (Å²) in [7, 11) is 0. The molecule has 0 aromatic heterocycles. The maximum Gasteiger partial charge on any atom is 0.354 e. The monoisotopic (exact) mass is 226 g/mol. The maximum atomic E-state index is 9.69. The van der Waals surface area contributed by atoms with Gasteiger partial charge in [-0.2, -0.15) is 25.3 Å². The van der Waals surface area contributed by atoms with E-state index >= 15 is 0 Å². The largest absolute Gasteiger partial charge is 0.477 e. The molecular weight excluding hydrogens is 216 g/mol. The number of hydrogen-bond donors (Lipinski definition) is 4. The van der Waals surface area contributed by atoms with Crippen LogP contribution in [0.2, 0.25) is 0 Å². The molecule has 0 atom stereocenters. The fourth-order valence-corrected chi connectivity index (χ4v) is 0.179. The van der Waals surface area contributed by atoms with E-state index < -0.39 is 17.5 Å². The predicted molar refractivity (Wildman–Crippen MR) is 54.3 cm³/mol. The molecule has 0 heterocycles. The van der Waals surface area contributed by atoms with Gasteiger partial charge in [-0.1, -0.05) is 0 Å². The number of carbonyl (C=O) groups is 2. The van der Waals surface area contributed by atoms with E-state index in [0.29, 0.717) is 0 Å². The highest BCUT2D eigenvalue weighted by atomic mass is 32.1. The van der Waals surface area contributed by atoms with Gasteiger partial charge in [0.1, 0.15) is 5.94 Å². The normalized spacial score (nSPS) is 6.15. The van der Waals surface area contributed by atoms with Crippen LogP contribution in [0.15, 0.2) is 5.57 Å². The van der Waals surface area contributed by atoms with Gasteiger partial charge in [0, 0.05) is 0 Å². The van der Waals surface area contributed by atoms with Crippen molar-refractivity contribution in [3.05, 3.63) is 5.57 Å². The summed E-state index contributed by atoms with van der Waals surface area (Å²) in [6.45, 7) is 0. The lowest BCUT2D eigenvalue weighted by atomic mass is 10.3. The molecule has 0 fully saturated rings. The van der Waals surface area contributed by atoms with Crippen LogP contribution in [0.4, 0.5) is 0 Å². The molecule has 0 aromatic carbocycles. The van der Waals surface area contributed by atoms with Crippen molar-refractivity contribution in [3.8, 4) is 0 Å². The van der Waals surface area contributed by atoms with Gasteiger partial charge in [-0.3, -0.25) is 0 Å². The van der Waals surface area contributed by atoms with E-state index in [1.165, 1.54) is 0 Å². The molecule has 0 saturated heterocycles. The van der Waals surface area contributed by atoms with Crippen molar-refractivity contribution < 1.29 is 24.6 Å². The van der Waals surface area contributed by atoms with Gasteiger partial charge in [-0.05, 0) is 12.5 Å². The molecule has 0 radical (unpaired) electrons. The second-order valence-electron chi connectivity index (χ2n) is 1.09. The third-order valence-corrected chi connectivity index (χ3v) is 0.530. The Kier molecular flexibility index (Phi) is 18.9. The number of aliphatic carboxylic acids is 2. The zero-order valence-electron chi connectivity index (χ0n) is 7.01. The molecule has 0 bridgehead atoms. The van der Waals surface area contributed by atoms with Crippen molar-refractivity contribution in [2.75, 3.05) is 12.5 Å². The summed E-state index contributed by atoms with van der Waals surface area (Å²) in [6.07, 6.45) is 3.39. The molecule has 0 aliphatic rings. The summed E-state index contributed by atoms with van der Waals surface area (Å²) in [5, 5.41) is 15.7. The van der Waals surface area contributed by atoms with Crippen molar-refractivity contribution in [2.45, 2.75) is 0 Å². The number of rotatable bonds is 2. The summed E-state index contributed by atoms with van der Waals surface area (Å²) in [4.78, 5) is 28.8. The number of carbonyl (C=O) groups excluding carboxylic acids is 1. The zero-order valence-corrected chi connectivity index (χ0v) is 8.80. The Morgan fingerprint density at radius 2 is 1.23 bits per heavy atom. The number of thiol groups is 2. The summed E-state index contributed by atoms with van der Waals surface area (Å²) in [5.74, 6) is -2.79. The molecule has 0 aliphatic heterocycles. The molecule has 0 aromatic rings. The molecule has 76 valence electrons. The summed E-state index contributed by atoms with van der Waals surface area (Å²) >= 11 is 7.06. The fraction of sp³-hybridized carbons (Fsp3) is 0.333. The van der Waals surface area contributed by atoms with Crippen LogP contribution < -0.4 is 0 Å². The van der Waals surface area contributed by atoms with Gasteiger partial charge in [0.05, 0.1) is 0 Å². The van der Waals surface area contributed by atoms with Crippen molar-refractivity contribution in [3.63, 3.8) is 0 Å². The highest BCUT2D eigenvalue weighted by Crippen LogP contribution is 1.85. The predicted octanol–water partition coefficient (Wildman–Crippen LogP) is 0.00560. The van der Waals surface area contributed by atoms with Crippen LogP contribution in [0.1, 0.15) is 0 Å². The molecule has 0 spiro atoms. The number of carboxylic acids is 2. The SMILES string of the molecule is CS.CS.O=C=C(C(=O)O)C(=O)O. The first-order chi connectivity index (χ1) is 6.09. The second kappa shape index (κ2) is 13.7. The molecule has 0 unspecified atom stereocenters. The van der Waals surface area contributed by atoms with Gasteiger partial charge in [0.25, 0.3) is 0 Å². The van der Waals surface area contributed by atoms with Gasteiger partial charge >= 0.3 is 11.9 Å². The van der Waals surface area contributed by atoms with E-state index in [1.807, 2.05) is 0 Å². The summed E-state index contributed by atoms with van der Waals surface area (Å²) < 4.78 is 0. The van der Waals surface area contributed by atoms with E-state index in [9.17, 15) is 14.4 Å². The quantitative estimate of drug-likeness (QED) is 0.175. The zero-order chi connectivity index (χ0) is 11.4. The average molecular weight is 226 g/mol. The first-order valence-electron chi connectivity index (χ1n) is 2.70. The smallest absolute Gasteiger partial charge is 0.354 e. The van der Waals surface area contributed by atoms with Gasteiger partial charge in [-0.25, -0.2) is 14.4 Å². The van der Waals surface area contributed by atoms with Crippen LogP contribution in [0.5, 0.6) is 0 Å². The Morgan fingerprint density at radius 1 is 1.00 bits per heavy atom. The molecule has 2 N–H and O–H groups in total. The third-order valence-electron chi connectivity index (χ3n) is 0.530. The van der Waals surface area contributed by atoms with Crippen molar-refractivity contribution in [2.24, 2.45) is 0 Å². The van der Waals surface area contributed by atoms with Crippen molar-refractivity contribution in [1.29, 1.82) is 0 Å². The van der Waals surface area contributed by atoms with Crippen LogP contribution in [0, 0.1) is 0 Å². The molecule has 0 amide bonds. The topological polar surface area (TPSA) is 91.7 Å².